The van der Waals surface area contributed by atoms with E-state index in [0.717, 1.165) is 26.1 Å². The molecule has 1 saturated heterocycles. The van der Waals surface area contributed by atoms with Crippen molar-refractivity contribution in [2.75, 3.05) is 26.2 Å². The Hall–Kier alpha value is -1.56. The van der Waals surface area contributed by atoms with Crippen LogP contribution in [0.1, 0.15) is 19.8 Å². The number of nitrogens with one attached hydrogen (secondary N) is 2. The Bertz CT molecular complexity index is 397. The standard InChI is InChI=1S/C14H23N3O3/c1-2-17-6-5-10(9-17)8-15-14(20)16-12-4-3-11(7-12)13(18)19/h3-4,10-12H,2,5-9H2,1H3,(H,18,19)(H2,15,16,20). The summed E-state index contributed by atoms with van der Waals surface area (Å²) in [6.45, 7) is 6.04. The van der Waals surface area contributed by atoms with Crippen molar-refractivity contribution in [2.45, 2.75) is 25.8 Å². The Kier molecular flexibility index (Phi) is 5.00. The molecule has 0 aromatic heterocycles. The topological polar surface area (TPSA) is 81.7 Å². The first-order valence-corrected chi connectivity index (χ1v) is 7.26. The van der Waals surface area contributed by atoms with E-state index >= 15 is 0 Å². The van der Waals surface area contributed by atoms with E-state index in [4.69, 9.17) is 5.11 Å². The van der Waals surface area contributed by atoms with Gasteiger partial charge in [-0.3, -0.25) is 4.79 Å². The number of nitrogens with zero attached hydrogens (tertiary/aromatic N) is 1. The molecule has 2 amide bonds. The van der Waals surface area contributed by atoms with Gasteiger partial charge in [-0.25, -0.2) is 4.79 Å². The number of hydrogen-bond acceptors (Lipinski definition) is 3. The van der Waals surface area contributed by atoms with Gasteiger partial charge in [0, 0.05) is 13.1 Å². The fourth-order valence-corrected chi connectivity index (χ4v) is 2.81. The summed E-state index contributed by atoms with van der Waals surface area (Å²) in [4.78, 5) is 25.0. The molecule has 2 aliphatic rings. The predicted molar refractivity (Wildman–Crippen MR) is 75.4 cm³/mol. The summed E-state index contributed by atoms with van der Waals surface area (Å²) >= 11 is 0. The Morgan fingerprint density at radius 1 is 1.40 bits per heavy atom. The Morgan fingerprint density at radius 2 is 2.20 bits per heavy atom. The molecule has 1 aliphatic heterocycles. The van der Waals surface area contributed by atoms with Crippen LogP contribution in [0.4, 0.5) is 4.79 Å². The second-order valence-electron chi connectivity index (χ2n) is 5.57. The summed E-state index contributed by atoms with van der Waals surface area (Å²) in [5.74, 6) is -0.795. The zero-order valence-electron chi connectivity index (χ0n) is 11.8. The lowest BCUT2D eigenvalue weighted by Crippen LogP contribution is -2.43. The molecular weight excluding hydrogens is 258 g/mol. The minimum atomic E-state index is -0.837. The number of rotatable bonds is 5. The van der Waals surface area contributed by atoms with Crippen LogP contribution in [0.3, 0.4) is 0 Å². The summed E-state index contributed by atoms with van der Waals surface area (Å²) in [6.07, 6.45) is 4.96. The maximum atomic E-state index is 11.8. The number of likely N-dealkylation sites (tertiary alicyclic amines) is 1. The number of carbonyl (C=O) groups excluding carboxylic acids is 1. The van der Waals surface area contributed by atoms with Crippen molar-refractivity contribution in [1.82, 2.24) is 15.5 Å². The van der Waals surface area contributed by atoms with Crippen LogP contribution in [0.25, 0.3) is 0 Å². The maximum Gasteiger partial charge on any atom is 0.315 e. The number of carboxylic acid groups (broad SMARTS) is 1. The van der Waals surface area contributed by atoms with Gasteiger partial charge in [-0.2, -0.15) is 0 Å². The van der Waals surface area contributed by atoms with Crippen LogP contribution in [0.15, 0.2) is 12.2 Å². The lowest BCUT2D eigenvalue weighted by atomic mass is 10.1. The van der Waals surface area contributed by atoms with Crippen LogP contribution in [0.2, 0.25) is 0 Å². The average molecular weight is 281 g/mol. The molecule has 20 heavy (non-hydrogen) atoms. The van der Waals surface area contributed by atoms with Gasteiger partial charge in [0.1, 0.15) is 0 Å². The van der Waals surface area contributed by atoms with E-state index in [-0.39, 0.29) is 12.1 Å². The van der Waals surface area contributed by atoms with E-state index < -0.39 is 11.9 Å². The molecule has 1 fully saturated rings. The number of carbonyl (C=O) groups is 2. The molecule has 1 heterocycles. The Labute approximate surface area is 119 Å². The number of aliphatic carboxylic acids is 1. The molecule has 0 aromatic carbocycles. The van der Waals surface area contributed by atoms with Gasteiger partial charge >= 0.3 is 12.0 Å². The molecule has 2 rings (SSSR count). The van der Waals surface area contributed by atoms with Gasteiger partial charge in [-0.1, -0.05) is 19.1 Å². The maximum absolute atomic E-state index is 11.8. The molecule has 112 valence electrons. The lowest BCUT2D eigenvalue weighted by Gasteiger charge is -2.16. The van der Waals surface area contributed by atoms with E-state index in [9.17, 15) is 9.59 Å². The molecule has 1 aliphatic carbocycles. The summed E-state index contributed by atoms with van der Waals surface area (Å²) in [5, 5.41) is 14.6. The van der Waals surface area contributed by atoms with Crippen molar-refractivity contribution in [1.29, 1.82) is 0 Å². The summed E-state index contributed by atoms with van der Waals surface area (Å²) in [7, 11) is 0. The molecule has 3 atom stereocenters. The molecule has 0 saturated carbocycles. The summed E-state index contributed by atoms with van der Waals surface area (Å²) in [5.41, 5.74) is 0. The SMILES string of the molecule is CCN1CCC(CNC(=O)NC2C=CC(C(=O)O)C2)C1. The van der Waals surface area contributed by atoms with Crippen molar-refractivity contribution >= 4 is 12.0 Å². The van der Waals surface area contributed by atoms with Crippen LogP contribution in [-0.2, 0) is 4.79 Å². The highest BCUT2D eigenvalue weighted by Gasteiger charge is 2.26. The van der Waals surface area contributed by atoms with E-state index in [1.807, 2.05) is 0 Å². The molecule has 0 bridgehead atoms. The zero-order chi connectivity index (χ0) is 14.5. The van der Waals surface area contributed by atoms with Crippen molar-refractivity contribution in [3.8, 4) is 0 Å². The Balaban J connectivity index is 1.64. The van der Waals surface area contributed by atoms with Crippen LogP contribution in [0, 0.1) is 11.8 Å². The van der Waals surface area contributed by atoms with Gasteiger partial charge in [0.2, 0.25) is 0 Å². The monoisotopic (exact) mass is 281 g/mol. The van der Waals surface area contributed by atoms with Crippen molar-refractivity contribution in [2.24, 2.45) is 11.8 Å². The minimum Gasteiger partial charge on any atom is -0.481 e. The van der Waals surface area contributed by atoms with Crippen LogP contribution in [-0.4, -0.2) is 54.2 Å². The fraction of sp³-hybridized carbons (Fsp3) is 0.714. The third-order valence-electron chi connectivity index (χ3n) is 4.09. The van der Waals surface area contributed by atoms with E-state index in [1.165, 1.54) is 0 Å². The zero-order valence-corrected chi connectivity index (χ0v) is 11.8. The smallest absolute Gasteiger partial charge is 0.315 e. The van der Waals surface area contributed by atoms with E-state index in [1.54, 1.807) is 12.2 Å². The van der Waals surface area contributed by atoms with Gasteiger partial charge in [-0.05, 0) is 31.8 Å². The third-order valence-corrected chi connectivity index (χ3v) is 4.09. The largest absolute Gasteiger partial charge is 0.481 e. The van der Waals surface area contributed by atoms with Crippen LogP contribution < -0.4 is 10.6 Å². The number of carboxylic acids is 1. The van der Waals surface area contributed by atoms with Crippen LogP contribution in [0.5, 0.6) is 0 Å². The quantitative estimate of drug-likeness (QED) is 0.647. The second kappa shape index (κ2) is 6.74. The normalized spacial score (nSPS) is 29.6. The van der Waals surface area contributed by atoms with Crippen molar-refractivity contribution < 1.29 is 14.7 Å². The minimum absolute atomic E-state index is 0.174. The Morgan fingerprint density at radius 3 is 2.80 bits per heavy atom. The molecule has 6 heteroatoms. The van der Waals surface area contributed by atoms with Gasteiger partial charge in [-0.15, -0.1) is 0 Å². The molecule has 0 spiro atoms. The number of amides is 2. The first kappa shape index (κ1) is 14.8. The predicted octanol–water partition coefficient (Wildman–Crippen LogP) is 0.657. The van der Waals surface area contributed by atoms with Crippen molar-refractivity contribution in [3.63, 3.8) is 0 Å². The number of hydrogen-bond donors (Lipinski definition) is 3. The molecule has 6 nitrogen and oxygen atoms in total. The highest BCUT2D eigenvalue weighted by atomic mass is 16.4. The van der Waals surface area contributed by atoms with Gasteiger partial charge in [0.05, 0.1) is 12.0 Å². The summed E-state index contributed by atoms with van der Waals surface area (Å²) in [6, 6.07) is -0.382. The average Bonchev–Trinajstić information content (AvgIpc) is 3.04. The van der Waals surface area contributed by atoms with E-state index in [2.05, 4.69) is 22.5 Å². The highest BCUT2D eigenvalue weighted by molar-refractivity contribution is 5.76. The highest BCUT2D eigenvalue weighted by Crippen LogP contribution is 2.18. The van der Waals surface area contributed by atoms with Crippen molar-refractivity contribution in [3.05, 3.63) is 12.2 Å². The van der Waals surface area contributed by atoms with Gasteiger partial charge in [0.25, 0.3) is 0 Å². The molecular formula is C14H23N3O3. The van der Waals surface area contributed by atoms with Gasteiger partial charge < -0.3 is 20.6 Å². The van der Waals surface area contributed by atoms with E-state index in [0.29, 0.717) is 18.9 Å². The van der Waals surface area contributed by atoms with Crippen LogP contribution >= 0.6 is 0 Å². The third kappa shape index (κ3) is 3.96. The molecule has 3 unspecified atom stereocenters. The summed E-state index contributed by atoms with van der Waals surface area (Å²) < 4.78 is 0. The second-order valence-corrected chi connectivity index (χ2v) is 5.57. The first-order chi connectivity index (χ1) is 9.58. The van der Waals surface area contributed by atoms with Gasteiger partial charge in [0.15, 0.2) is 0 Å². The fourth-order valence-electron chi connectivity index (χ4n) is 2.81. The number of urea groups is 1. The molecule has 0 aromatic rings. The lowest BCUT2D eigenvalue weighted by molar-refractivity contribution is -0.140. The first-order valence-electron chi connectivity index (χ1n) is 7.26. The molecule has 3 N–H and O–H groups in total. The molecule has 0 radical (unpaired) electrons.